The van der Waals surface area contributed by atoms with E-state index in [2.05, 4.69) is 6.07 Å². The zero-order valence-electron chi connectivity index (χ0n) is 9.08. The maximum absolute atomic E-state index is 9.23. The van der Waals surface area contributed by atoms with Gasteiger partial charge in [-0.3, -0.25) is 0 Å². The number of nitriles is 1. The van der Waals surface area contributed by atoms with E-state index < -0.39 is 0 Å². The molecule has 0 aromatic rings. The molecular formula is C11H19NO2. The highest BCUT2D eigenvalue weighted by Gasteiger charge is 2.43. The molecular weight excluding hydrogens is 178 g/mol. The second-order valence-corrected chi connectivity index (χ2v) is 3.72. The fourth-order valence-corrected chi connectivity index (χ4v) is 2.08. The minimum absolute atomic E-state index is 0.329. The topological polar surface area (TPSA) is 42.2 Å². The van der Waals surface area contributed by atoms with Crippen LogP contribution in [0.2, 0.25) is 0 Å². The van der Waals surface area contributed by atoms with Gasteiger partial charge in [0.05, 0.1) is 6.07 Å². The van der Waals surface area contributed by atoms with Gasteiger partial charge >= 0.3 is 0 Å². The summed E-state index contributed by atoms with van der Waals surface area (Å²) in [5.41, 5.74) is -0.383. The van der Waals surface area contributed by atoms with Crippen LogP contribution in [0.1, 0.15) is 39.5 Å². The van der Waals surface area contributed by atoms with E-state index in [-0.39, 0.29) is 11.7 Å². The van der Waals surface area contributed by atoms with Crippen LogP contribution < -0.4 is 0 Å². The van der Waals surface area contributed by atoms with Gasteiger partial charge in [0.15, 0.2) is 6.29 Å². The molecule has 1 aliphatic carbocycles. The van der Waals surface area contributed by atoms with Gasteiger partial charge in [-0.15, -0.1) is 0 Å². The third-order valence-corrected chi connectivity index (χ3v) is 2.81. The third-order valence-electron chi connectivity index (χ3n) is 2.81. The van der Waals surface area contributed by atoms with Gasteiger partial charge in [0, 0.05) is 13.2 Å². The van der Waals surface area contributed by atoms with Crippen LogP contribution in [0.15, 0.2) is 0 Å². The third kappa shape index (κ3) is 2.26. The van der Waals surface area contributed by atoms with Crippen LogP contribution in [-0.2, 0) is 9.47 Å². The maximum atomic E-state index is 9.23. The van der Waals surface area contributed by atoms with Crippen molar-refractivity contribution in [1.82, 2.24) is 0 Å². The van der Waals surface area contributed by atoms with Gasteiger partial charge in [-0.2, -0.15) is 5.26 Å². The summed E-state index contributed by atoms with van der Waals surface area (Å²) in [4.78, 5) is 0. The van der Waals surface area contributed by atoms with E-state index in [4.69, 9.17) is 9.47 Å². The molecule has 0 aliphatic heterocycles. The monoisotopic (exact) mass is 197 g/mol. The maximum Gasteiger partial charge on any atom is 0.175 e. The minimum atomic E-state index is -0.383. The lowest BCUT2D eigenvalue weighted by molar-refractivity contribution is -0.186. The first kappa shape index (κ1) is 11.5. The molecule has 1 rings (SSSR count). The number of ether oxygens (including phenoxy) is 2. The van der Waals surface area contributed by atoms with Crippen molar-refractivity contribution in [3.63, 3.8) is 0 Å². The first-order valence-electron chi connectivity index (χ1n) is 5.43. The van der Waals surface area contributed by atoms with Crippen molar-refractivity contribution in [3.05, 3.63) is 0 Å². The van der Waals surface area contributed by atoms with Crippen molar-refractivity contribution in [3.8, 4) is 6.07 Å². The second-order valence-electron chi connectivity index (χ2n) is 3.72. The van der Waals surface area contributed by atoms with E-state index in [0.717, 1.165) is 25.7 Å². The fraction of sp³-hybridized carbons (Fsp3) is 0.909. The van der Waals surface area contributed by atoms with Gasteiger partial charge in [-0.1, -0.05) is 12.8 Å². The first-order valence-corrected chi connectivity index (χ1v) is 5.43. The molecule has 80 valence electrons. The van der Waals surface area contributed by atoms with Gasteiger partial charge in [-0.05, 0) is 26.7 Å². The lowest BCUT2D eigenvalue weighted by atomic mass is 9.87. The standard InChI is InChI=1S/C11H19NO2/c1-3-13-10(14-4-2)11(9-12)7-5-6-8-11/h10H,3-8H2,1-2H3. The highest BCUT2D eigenvalue weighted by atomic mass is 16.7. The van der Waals surface area contributed by atoms with Crippen LogP contribution in [0.4, 0.5) is 0 Å². The van der Waals surface area contributed by atoms with Gasteiger partial charge < -0.3 is 9.47 Å². The lowest BCUT2D eigenvalue weighted by Crippen LogP contribution is -2.36. The molecule has 1 fully saturated rings. The van der Waals surface area contributed by atoms with Crippen LogP contribution in [0.3, 0.4) is 0 Å². The van der Waals surface area contributed by atoms with E-state index in [1.54, 1.807) is 0 Å². The van der Waals surface area contributed by atoms with Crippen LogP contribution in [0, 0.1) is 16.7 Å². The smallest absolute Gasteiger partial charge is 0.175 e. The van der Waals surface area contributed by atoms with Crippen molar-refractivity contribution < 1.29 is 9.47 Å². The first-order chi connectivity index (χ1) is 6.79. The zero-order valence-corrected chi connectivity index (χ0v) is 9.08. The van der Waals surface area contributed by atoms with Crippen molar-refractivity contribution >= 4 is 0 Å². The van der Waals surface area contributed by atoms with Gasteiger partial charge in [0.2, 0.25) is 0 Å². The molecule has 0 amide bonds. The molecule has 0 atom stereocenters. The Labute approximate surface area is 86.0 Å². The van der Waals surface area contributed by atoms with Crippen LogP contribution >= 0.6 is 0 Å². The van der Waals surface area contributed by atoms with Crippen molar-refractivity contribution in [2.45, 2.75) is 45.8 Å². The SMILES string of the molecule is CCOC(OCC)C1(C#N)CCCC1. The molecule has 3 heteroatoms. The minimum Gasteiger partial charge on any atom is -0.351 e. The molecule has 0 aromatic carbocycles. The lowest BCUT2D eigenvalue weighted by Gasteiger charge is -2.30. The Kier molecular flexibility index (Phi) is 4.37. The summed E-state index contributed by atoms with van der Waals surface area (Å²) >= 11 is 0. The highest BCUT2D eigenvalue weighted by Crippen LogP contribution is 2.42. The molecule has 0 bridgehead atoms. The summed E-state index contributed by atoms with van der Waals surface area (Å²) in [5, 5.41) is 9.23. The molecule has 0 heterocycles. The van der Waals surface area contributed by atoms with Crippen molar-refractivity contribution in [1.29, 1.82) is 5.26 Å². The Balaban J connectivity index is 2.67. The van der Waals surface area contributed by atoms with Crippen molar-refractivity contribution in [2.24, 2.45) is 5.41 Å². The summed E-state index contributed by atoms with van der Waals surface area (Å²) in [7, 11) is 0. The molecule has 0 saturated heterocycles. The molecule has 1 saturated carbocycles. The molecule has 1 aliphatic rings. The normalized spacial score (nSPS) is 19.9. The van der Waals surface area contributed by atoms with Gasteiger partial charge in [0.1, 0.15) is 5.41 Å². The largest absolute Gasteiger partial charge is 0.351 e. The number of rotatable bonds is 5. The second kappa shape index (κ2) is 5.33. The Morgan fingerprint density at radius 3 is 2.07 bits per heavy atom. The van der Waals surface area contributed by atoms with E-state index in [1.165, 1.54) is 0 Å². The van der Waals surface area contributed by atoms with Gasteiger partial charge in [-0.25, -0.2) is 0 Å². The fourth-order valence-electron chi connectivity index (χ4n) is 2.08. The highest BCUT2D eigenvalue weighted by molar-refractivity contribution is 5.04. The average Bonchev–Trinajstić information content (AvgIpc) is 2.67. The van der Waals surface area contributed by atoms with E-state index in [1.807, 2.05) is 13.8 Å². The van der Waals surface area contributed by atoms with E-state index in [0.29, 0.717) is 13.2 Å². The van der Waals surface area contributed by atoms with E-state index in [9.17, 15) is 5.26 Å². The summed E-state index contributed by atoms with van der Waals surface area (Å²) in [6.07, 6.45) is 3.72. The Morgan fingerprint density at radius 2 is 1.71 bits per heavy atom. The number of nitrogens with zero attached hydrogens (tertiary/aromatic N) is 1. The van der Waals surface area contributed by atoms with Crippen molar-refractivity contribution in [2.75, 3.05) is 13.2 Å². The number of hydrogen-bond acceptors (Lipinski definition) is 3. The predicted molar refractivity (Wildman–Crippen MR) is 53.6 cm³/mol. The summed E-state index contributed by atoms with van der Waals surface area (Å²) in [6, 6.07) is 2.40. The average molecular weight is 197 g/mol. The quantitative estimate of drug-likeness (QED) is 0.636. The molecule has 0 radical (unpaired) electrons. The van der Waals surface area contributed by atoms with E-state index >= 15 is 0 Å². The number of hydrogen-bond donors (Lipinski definition) is 0. The summed E-state index contributed by atoms with van der Waals surface area (Å²) < 4.78 is 11.0. The van der Waals surface area contributed by atoms with Crippen LogP contribution in [-0.4, -0.2) is 19.5 Å². The summed E-state index contributed by atoms with van der Waals surface area (Å²) in [6.45, 7) is 5.08. The van der Waals surface area contributed by atoms with Crippen LogP contribution in [0.25, 0.3) is 0 Å². The molecule has 0 N–H and O–H groups in total. The molecule has 3 nitrogen and oxygen atoms in total. The Bertz CT molecular complexity index is 198. The molecule has 0 unspecified atom stereocenters. The summed E-state index contributed by atoms with van der Waals surface area (Å²) in [5.74, 6) is 0. The van der Waals surface area contributed by atoms with Crippen LogP contribution in [0.5, 0.6) is 0 Å². The zero-order chi connectivity index (χ0) is 10.4. The predicted octanol–water partition coefficient (Wildman–Crippen LogP) is 2.47. The Morgan fingerprint density at radius 1 is 1.21 bits per heavy atom. The van der Waals surface area contributed by atoms with Gasteiger partial charge in [0.25, 0.3) is 0 Å². The molecule has 14 heavy (non-hydrogen) atoms. The molecule has 0 aromatic heterocycles. The molecule has 0 spiro atoms. The Hall–Kier alpha value is -0.590.